The highest BCUT2D eigenvalue weighted by molar-refractivity contribution is 5.94. The van der Waals surface area contributed by atoms with E-state index in [1.54, 1.807) is 7.11 Å². The number of amides is 1. The van der Waals surface area contributed by atoms with Crippen molar-refractivity contribution in [3.8, 4) is 5.75 Å². The average Bonchev–Trinajstić information content (AvgIpc) is 3.03. The maximum atomic E-state index is 12.7. The Morgan fingerprint density at radius 2 is 2.00 bits per heavy atom. The Kier molecular flexibility index (Phi) is 4.88. The zero-order valence-corrected chi connectivity index (χ0v) is 14.0. The van der Waals surface area contributed by atoms with Crippen molar-refractivity contribution in [2.75, 3.05) is 13.7 Å². The Balaban J connectivity index is 1.66. The van der Waals surface area contributed by atoms with Crippen LogP contribution in [0.5, 0.6) is 5.75 Å². The lowest BCUT2D eigenvalue weighted by Gasteiger charge is -2.09. The van der Waals surface area contributed by atoms with Gasteiger partial charge in [0.15, 0.2) is 0 Å². The van der Waals surface area contributed by atoms with Crippen LogP contribution < -0.4 is 10.1 Å². The number of aromatic amines is 1. The first-order valence-corrected chi connectivity index (χ1v) is 7.98. The number of benzene rings is 2. The van der Waals surface area contributed by atoms with Crippen LogP contribution in [0.3, 0.4) is 0 Å². The summed E-state index contributed by atoms with van der Waals surface area (Å²) in [5.41, 5.74) is 1.09. The molecule has 0 radical (unpaired) electrons. The molecule has 0 aliphatic rings. The molecule has 26 heavy (non-hydrogen) atoms. The second-order valence-electron chi connectivity index (χ2n) is 5.81. The van der Waals surface area contributed by atoms with Gasteiger partial charge < -0.3 is 15.0 Å². The van der Waals surface area contributed by atoms with Crippen LogP contribution in [0.1, 0.15) is 21.5 Å². The van der Waals surface area contributed by atoms with Crippen molar-refractivity contribution < 1.29 is 22.7 Å². The number of nitrogens with one attached hydrogen (secondary N) is 2. The van der Waals surface area contributed by atoms with Crippen LogP contribution in [0.4, 0.5) is 13.2 Å². The number of methoxy groups -OCH3 is 1. The average molecular weight is 362 g/mol. The normalized spacial score (nSPS) is 11.5. The highest BCUT2D eigenvalue weighted by Crippen LogP contribution is 2.29. The molecule has 0 aliphatic heterocycles. The van der Waals surface area contributed by atoms with E-state index in [1.165, 1.54) is 12.1 Å². The van der Waals surface area contributed by atoms with Crippen molar-refractivity contribution >= 4 is 16.8 Å². The summed E-state index contributed by atoms with van der Waals surface area (Å²) in [6.45, 7) is 0.305. The molecule has 2 N–H and O–H groups in total. The van der Waals surface area contributed by atoms with E-state index in [-0.39, 0.29) is 5.56 Å². The minimum atomic E-state index is -4.47. The van der Waals surface area contributed by atoms with Crippen LogP contribution in [-0.4, -0.2) is 24.5 Å². The molecule has 7 heteroatoms. The van der Waals surface area contributed by atoms with Gasteiger partial charge in [-0.15, -0.1) is 0 Å². The van der Waals surface area contributed by atoms with Gasteiger partial charge in [-0.25, -0.2) is 0 Å². The Morgan fingerprint density at radius 3 is 2.73 bits per heavy atom. The molecule has 0 spiro atoms. The predicted molar refractivity (Wildman–Crippen MR) is 92.3 cm³/mol. The molecule has 3 rings (SSSR count). The highest BCUT2D eigenvalue weighted by Gasteiger charge is 2.30. The number of alkyl halides is 3. The summed E-state index contributed by atoms with van der Waals surface area (Å²) in [5, 5.41) is 3.64. The van der Waals surface area contributed by atoms with Gasteiger partial charge in [-0.2, -0.15) is 13.2 Å². The van der Waals surface area contributed by atoms with E-state index in [2.05, 4.69) is 10.3 Å². The molecule has 0 unspecified atom stereocenters. The van der Waals surface area contributed by atoms with Gasteiger partial charge >= 0.3 is 6.18 Å². The molecule has 1 amide bonds. The molecule has 0 fully saturated rings. The molecule has 0 bridgehead atoms. The largest absolute Gasteiger partial charge is 0.497 e. The van der Waals surface area contributed by atoms with Gasteiger partial charge in [0, 0.05) is 29.2 Å². The molecule has 0 saturated heterocycles. The second-order valence-corrected chi connectivity index (χ2v) is 5.81. The van der Waals surface area contributed by atoms with E-state index >= 15 is 0 Å². The van der Waals surface area contributed by atoms with Crippen molar-refractivity contribution in [2.45, 2.75) is 12.6 Å². The predicted octanol–water partition coefficient (Wildman–Crippen LogP) is 4.17. The second kappa shape index (κ2) is 7.11. The third-order valence-corrected chi connectivity index (χ3v) is 4.11. The third kappa shape index (κ3) is 3.82. The van der Waals surface area contributed by atoms with Gasteiger partial charge in [0.25, 0.3) is 5.91 Å². The van der Waals surface area contributed by atoms with Gasteiger partial charge in [-0.1, -0.05) is 6.07 Å². The highest BCUT2D eigenvalue weighted by atomic mass is 19.4. The Bertz CT molecular complexity index is 932. The molecule has 3 aromatic rings. The number of fused-ring (bicyclic) bond motifs is 1. The molecule has 136 valence electrons. The fourth-order valence-corrected chi connectivity index (χ4v) is 2.74. The topological polar surface area (TPSA) is 54.1 Å². The van der Waals surface area contributed by atoms with Crippen LogP contribution >= 0.6 is 0 Å². The Morgan fingerprint density at radius 1 is 1.19 bits per heavy atom. The zero-order valence-electron chi connectivity index (χ0n) is 14.0. The standard InChI is InChI=1S/C19H17F3N2O2/c1-26-15-5-6-17-16(10-15)13(11-24-17)7-8-23-18(25)12-3-2-4-14(9-12)19(20,21)22/h2-6,9-11,24H,7-8H2,1H3,(H,23,25). The van der Waals surface area contributed by atoms with Gasteiger partial charge in [0.05, 0.1) is 12.7 Å². The molecule has 1 aromatic heterocycles. The van der Waals surface area contributed by atoms with E-state index < -0.39 is 17.6 Å². The molecular formula is C19H17F3N2O2. The lowest BCUT2D eigenvalue weighted by atomic mass is 10.1. The van der Waals surface area contributed by atoms with Gasteiger partial charge in [0.2, 0.25) is 0 Å². The van der Waals surface area contributed by atoms with Gasteiger partial charge in [-0.3, -0.25) is 4.79 Å². The van der Waals surface area contributed by atoms with E-state index in [0.29, 0.717) is 13.0 Å². The summed E-state index contributed by atoms with van der Waals surface area (Å²) in [6.07, 6.45) is -2.09. The van der Waals surface area contributed by atoms with E-state index in [0.717, 1.165) is 34.3 Å². The number of aromatic nitrogens is 1. The number of hydrogen-bond acceptors (Lipinski definition) is 2. The lowest BCUT2D eigenvalue weighted by Crippen LogP contribution is -2.26. The smallest absolute Gasteiger partial charge is 0.416 e. The van der Waals surface area contributed by atoms with Crippen molar-refractivity contribution in [1.82, 2.24) is 10.3 Å². The summed E-state index contributed by atoms with van der Waals surface area (Å²) < 4.78 is 43.4. The number of halogens is 3. The van der Waals surface area contributed by atoms with Crippen LogP contribution in [0.2, 0.25) is 0 Å². The molecule has 0 saturated carbocycles. The maximum absolute atomic E-state index is 12.7. The zero-order chi connectivity index (χ0) is 18.7. The molecular weight excluding hydrogens is 345 g/mol. The van der Waals surface area contributed by atoms with Crippen molar-refractivity contribution in [3.63, 3.8) is 0 Å². The van der Waals surface area contributed by atoms with Crippen LogP contribution in [-0.2, 0) is 12.6 Å². The van der Waals surface area contributed by atoms with Crippen molar-refractivity contribution in [3.05, 3.63) is 65.4 Å². The molecule has 0 atom stereocenters. The molecule has 2 aromatic carbocycles. The number of H-pyrrole nitrogens is 1. The number of carbonyl (C=O) groups excluding carboxylic acids is 1. The third-order valence-electron chi connectivity index (χ3n) is 4.11. The van der Waals surface area contributed by atoms with Gasteiger partial charge in [-0.05, 0) is 48.4 Å². The molecule has 0 aliphatic carbocycles. The van der Waals surface area contributed by atoms with E-state index in [4.69, 9.17) is 4.74 Å². The first-order valence-electron chi connectivity index (χ1n) is 7.98. The van der Waals surface area contributed by atoms with Crippen LogP contribution in [0.25, 0.3) is 10.9 Å². The first kappa shape index (κ1) is 17.8. The van der Waals surface area contributed by atoms with Gasteiger partial charge in [0.1, 0.15) is 5.75 Å². The lowest BCUT2D eigenvalue weighted by molar-refractivity contribution is -0.137. The van der Waals surface area contributed by atoms with E-state index in [9.17, 15) is 18.0 Å². The summed E-state index contributed by atoms with van der Waals surface area (Å²) in [5.74, 6) is 0.194. The number of rotatable bonds is 5. The SMILES string of the molecule is COc1ccc2[nH]cc(CCNC(=O)c3cccc(C(F)(F)F)c3)c2c1. The summed E-state index contributed by atoms with van der Waals surface area (Å²) in [6, 6.07) is 10.0. The minimum Gasteiger partial charge on any atom is -0.497 e. The first-order chi connectivity index (χ1) is 12.4. The summed E-state index contributed by atoms with van der Waals surface area (Å²) >= 11 is 0. The summed E-state index contributed by atoms with van der Waals surface area (Å²) in [7, 11) is 1.59. The van der Waals surface area contributed by atoms with Crippen molar-refractivity contribution in [1.29, 1.82) is 0 Å². The Hall–Kier alpha value is -2.96. The monoisotopic (exact) mass is 362 g/mol. The van der Waals surface area contributed by atoms with Crippen LogP contribution in [0, 0.1) is 0 Å². The fourth-order valence-electron chi connectivity index (χ4n) is 2.74. The number of hydrogen-bond donors (Lipinski definition) is 2. The quantitative estimate of drug-likeness (QED) is 0.716. The molecule has 1 heterocycles. The fraction of sp³-hybridized carbons (Fsp3) is 0.211. The van der Waals surface area contributed by atoms with Crippen LogP contribution in [0.15, 0.2) is 48.7 Å². The van der Waals surface area contributed by atoms with Crippen molar-refractivity contribution in [2.24, 2.45) is 0 Å². The number of ether oxygens (including phenoxy) is 1. The maximum Gasteiger partial charge on any atom is 0.416 e. The van der Waals surface area contributed by atoms with E-state index in [1.807, 2.05) is 24.4 Å². The summed E-state index contributed by atoms with van der Waals surface area (Å²) in [4.78, 5) is 15.3. The Labute approximate surface area is 148 Å². The minimum absolute atomic E-state index is 0.0135. The number of carbonyl (C=O) groups is 1. The molecule has 4 nitrogen and oxygen atoms in total.